The first-order chi connectivity index (χ1) is 8.61. The van der Waals surface area contributed by atoms with E-state index in [-0.39, 0.29) is 29.7 Å². The maximum Gasteiger partial charge on any atom is 0.256 e. The Labute approximate surface area is 107 Å². The van der Waals surface area contributed by atoms with Gasteiger partial charge in [0.15, 0.2) is 5.82 Å². The van der Waals surface area contributed by atoms with Crippen LogP contribution >= 0.6 is 11.6 Å². The zero-order valence-electron chi connectivity index (χ0n) is 9.31. The summed E-state index contributed by atoms with van der Waals surface area (Å²) >= 11 is 5.66. The second kappa shape index (κ2) is 5.43. The van der Waals surface area contributed by atoms with Crippen LogP contribution in [0.2, 0.25) is 5.02 Å². The van der Waals surface area contributed by atoms with Crippen LogP contribution in [-0.4, -0.2) is 21.8 Å². The van der Waals surface area contributed by atoms with Crippen molar-refractivity contribution in [2.75, 3.05) is 6.54 Å². The Balaban J connectivity index is 2.19. The number of rotatable bonds is 4. The Morgan fingerprint density at radius 3 is 3.00 bits per heavy atom. The van der Waals surface area contributed by atoms with Crippen LogP contribution in [0, 0.1) is 5.82 Å². The maximum absolute atomic E-state index is 13.6. The average molecular weight is 272 g/mol. The molecule has 0 aliphatic carbocycles. The molecule has 2 rings (SSSR count). The Morgan fingerprint density at radius 1 is 1.50 bits per heavy atom. The second-order valence-corrected chi connectivity index (χ2v) is 4.10. The molecule has 0 spiro atoms. The van der Waals surface area contributed by atoms with Gasteiger partial charge in [0.25, 0.3) is 5.89 Å². The van der Waals surface area contributed by atoms with Crippen molar-refractivity contribution in [2.45, 2.75) is 12.5 Å². The molecular weight excluding hydrogens is 261 g/mol. The van der Waals surface area contributed by atoms with Crippen LogP contribution in [-0.2, 0) is 6.42 Å². The van der Waals surface area contributed by atoms with E-state index in [0.717, 1.165) is 0 Å². The third-order valence-electron chi connectivity index (χ3n) is 2.37. The molecule has 0 bridgehead atoms. The van der Waals surface area contributed by atoms with Crippen molar-refractivity contribution in [2.24, 2.45) is 5.73 Å². The standard InChI is InChI=1S/C11H11ClFN3O2/c12-7-3-1-2-6(10(7)13)4-9-15-11(18-16-9)8(17)5-14/h1-3,8,17H,4-5,14H2. The summed E-state index contributed by atoms with van der Waals surface area (Å²) in [6.07, 6.45) is -0.872. The fourth-order valence-corrected chi connectivity index (χ4v) is 1.62. The largest absolute Gasteiger partial charge is 0.382 e. The van der Waals surface area contributed by atoms with Crippen molar-refractivity contribution in [1.82, 2.24) is 10.1 Å². The van der Waals surface area contributed by atoms with Gasteiger partial charge in [-0.25, -0.2) is 4.39 Å². The van der Waals surface area contributed by atoms with E-state index in [0.29, 0.717) is 5.56 Å². The molecule has 18 heavy (non-hydrogen) atoms. The fraction of sp³-hybridized carbons (Fsp3) is 0.273. The van der Waals surface area contributed by atoms with Crippen LogP contribution in [0.3, 0.4) is 0 Å². The highest BCUT2D eigenvalue weighted by atomic mass is 35.5. The SMILES string of the molecule is NCC(O)c1nc(Cc2cccc(Cl)c2F)no1. The first-order valence-corrected chi connectivity index (χ1v) is 5.63. The topological polar surface area (TPSA) is 85.2 Å². The summed E-state index contributed by atoms with van der Waals surface area (Å²) < 4.78 is 18.4. The highest BCUT2D eigenvalue weighted by Gasteiger charge is 2.16. The zero-order valence-corrected chi connectivity index (χ0v) is 10.1. The van der Waals surface area contributed by atoms with Gasteiger partial charge < -0.3 is 15.4 Å². The minimum absolute atomic E-state index is 0.0207. The predicted molar refractivity (Wildman–Crippen MR) is 62.5 cm³/mol. The zero-order chi connectivity index (χ0) is 13.1. The van der Waals surface area contributed by atoms with Crippen molar-refractivity contribution < 1.29 is 14.0 Å². The average Bonchev–Trinajstić information content (AvgIpc) is 2.82. The van der Waals surface area contributed by atoms with Crippen molar-refractivity contribution in [3.05, 3.63) is 46.3 Å². The molecule has 5 nitrogen and oxygen atoms in total. The summed E-state index contributed by atoms with van der Waals surface area (Å²) in [6, 6.07) is 4.67. The molecule has 0 radical (unpaired) electrons. The van der Waals surface area contributed by atoms with Crippen molar-refractivity contribution >= 4 is 11.6 Å². The van der Waals surface area contributed by atoms with Gasteiger partial charge in [-0.1, -0.05) is 28.9 Å². The number of nitrogens with two attached hydrogens (primary N) is 1. The van der Waals surface area contributed by atoms with Gasteiger partial charge in [-0.05, 0) is 11.6 Å². The monoisotopic (exact) mass is 271 g/mol. The predicted octanol–water partition coefficient (Wildman–Crippen LogP) is 1.44. The lowest BCUT2D eigenvalue weighted by Crippen LogP contribution is -2.11. The summed E-state index contributed by atoms with van der Waals surface area (Å²) in [5.41, 5.74) is 5.61. The fourth-order valence-electron chi connectivity index (χ4n) is 1.43. The highest BCUT2D eigenvalue weighted by Crippen LogP contribution is 2.20. The van der Waals surface area contributed by atoms with Gasteiger partial charge >= 0.3 is 0 Å². The molecule has 0 fully saturated rings. The van der Waals surface area contributed by atoms with Crippen LogP contribution in [0.15, 0.2) is 22.7 Å². The molecule has 1 aromatic carbocycles. The third-order valence-corrected chi connectivity index (χ3v) is 2.66. The van der Waals surface area contributed by atoms with E-state index in [1.807, 2.05) is 0 Å². The minimum Gasteiger partial charge on any atom is -0.382 e. The van der Waals surface area contributed by atoms with Crippen molar-refractivity contribution in [1.29, 1.82) is 0 Å². The number of aromatic nitrogens is 2. The molecule has 0 saturated heterocycles. The van der Waals surface area contributed by atoms with Gasteiger partial charge in [0.05, 0.1) is 5.02 Å². The minimum atomic E-state index is -1.00. The van der Waals surface area contributed by atoms with E-state index in [1.165, 1.54) is 6.07 Å². The Bertz CT molecular complexity index is 547. The summed E-state index contributed by atoms with van der Waals surface area (Å²) in [4.78, 5) is 3.93. The summed E-state index contributed by atoms with van der Waals surface area (Å²) in [7, 11) is 0. The molecule has 1 atom stereocenters. The van der Waals surface area contributed by atoms with Gasteiger partial charge in [0.1, 0.15) is 11.9 Å². The number of aliphatic hydroxyl groups excluding tert-OH is 1. The molecule has 3 N–H and O–H groups in total. The van der Waals surface area contributed by atoms with E-state index in [2.05, 4.69) is 10.1 Å². The molecule has 2 aromatic rings. The number of nitrogens with zero attached hydrogens (tertiary/aromatic N) is 2. The van der Waals surface area contributed by atoms with Gasteiger partial charge in [-0.15, -0.1) is 0 Å². The molecular formula is C11H11ClFN3O2. The van der Waals surface area contributed by atoms with Crippen LogP contribution in [0.4, 0.5) is 4.39 Å². The van der Waals surface area contributed by atoms with Crippen LogP contribution in [0.1, 0.15) is 23.4 Å². The van der Waals surface area contributed by atoms with Gasteiger partial charge in [0, 0.05) is 13.0 Å². The summed E-state index contributed by atoms with van der Waals surface area (Å²) in [5, 5.41) is 13.1. The van der Waals surface area contributed by atoms with E-state index >= 15 is 0 Å². The number of hydrogen-bond acceptors (Lipinski definition) is 5. The maximum atomic E-state index is 13.6. The first-order valence-electron chi connectivity index (χ1n) is 5.25. The lowest BCUT2D eigenvalue weighted by molar-refractivity contribution is 0.141. The Kier molecular flexibility index (Phi) is 3.90. The summed E-state index contributed by atoms with van der Waals surface area (Å²) in [6.45, 7) is -0.0207. The Morgan fingerprint density at radius 2 is 2.28 bits per heavy atom. The summed E-state index contributed by atoms with van der Waals surface area (Å²) in [5.74, 6) is -0.224. The molecule has 0 aliphatic rings. The lowest BCUT2D eigenvalue weighted by atomic mass is 10.1. The second-order valence-electron chi connectivity index (χ2n) is 3.69. The molecule has 0 saturated carbocycles. The molecule has 96 valence electrons. The highest BCUT2D eigenvalue weighted by molar-refractivity contribution is 6.30. The normalized spacial score (nSPS) is 12.7. The van der Waals surface area contributed by atoms with Crippen molar-refractivity contribution in [3.8, 4) is 0 Å². The number of halogens is 2. The number of aliphatic hydroxyl groups is 1. The van der Waals surface area contributed by atoms with Crippen LogP contribution in [0.25, 0.3) is 0 Å². The van der Waals surface area contributed by atoms with Gasteiger partial charge in [-0.2, -0.15) is 4.98 Å². The number of benzene rings is 1. The van der Waals surface area contributed by atoms with E-state index < -0.39 is 11.9 Å². The molecule has 1 aromatic heterocycles. The molecule has 0 aliphatic heterocycles. The quantitative estimate of drug-likeness (QED) is 0.879. The molecule has 0 amide bonds. The van der Waals surface area contributed by atoms with Crippen LogP contribution < -0.4 is 5.73 Å². The van der Waals surface area contributed by atoms with E-state index in [9.17, 15) is 9.50 Å². The number of hydrogen-bond donors (Lipinski definition) is 2. The van der Waals surface area contributed by atoms with Crippen LogP contribution in [0.5, 0.6) is 0 Å². The third kappa shape index (κ3) is 2.66. The van der Waals surface area contributed by atoms with Gasteiger partial charge in [-0.3, -0.25) is 0 Å². The van der Waals surface area contributed by atoms with Crippen molar-refractivity contribution in [3.63, 3.8) is 0 Å². The smallest absolute Gasteiger partial charge is 0.256 e. The Hall–Kier alpha value is -1.50. The van der Waals surface area contributed by atoms with E-state index in [4.69, 9.17) is 21.9 Å². The first kappa shape index (κ1) is 12.9. The van der Waals surface area contributed by atoms with Gasteiger partial charge in [0.2, 0.25) is 0 Å². The van der Waals surface area contributed by atoms with E-state index in [1.54, 1.807) is 12.1 Å². The lowest BCUT2D eigenvalue weighted by Gasteiger charge is -2.01. The molecule has 1 unspecified atom stereocenters. The molecule has 7 heteroatoms. The molecule has 1 heterocycles.